The van der Waals surface area contributed by atoms with Gasteiger partial charge in [0.25, 0.3) is 0 Å². The molecule has 64 valence electrons. The third-order valence-corrected chi connectivity index (χ3v) is 1.89. The third kappa shape index (κ3) is 1.38. The fraction of sp³-hybridized carbons (Fsp3) is 0.200. The van der Waals surface area contributed by atoms with Crippen LogP contribution in [0.5, 0.6) is 0 Å². The monoisotopic (exact) mass is 171 g/mol. The Labute approximate surface area is 76.4 Å². The summed E-state index contributed by atoms with van der Waals surface area (Å²) in [5.74, 6) is 2.58. The van der Waals surface area contributed by atoms with Crippen molar-refractivity contribution in [2.24, 2.45) is 0 Å². The zero-order valence-corrected chi connectivity index (χ0v) is 7.14. The van der Waals surface area contributed by atoms with E-state index in [2.05, 4.69) is 16.2 Å². The molecule has 0 radical (unpaired) electrons. The van der Waals surface area contributed by atoms with Crippen LogP contribution in [0.25, 0.3) is 11.0 Å². The average Bonchev–Trinajstić information content (AvgIpc) is 2.58. The van der Waals surface area contributed by atoms with E-state index in [1.807, 2.05) is 28.9 Å². The summed E-state index contributed by atoms with van der Waals surface area (Å²) in [6, 6.07) is 7.85. The minimum Gasteiger partial charge on any atom is -0.244 e. The minimum absolute atomic E-state index is 0.688. The van der Waals surface area contributed by atoms with E-state index in [1.54, 1.807) is 0 Å². The van der Waals surface area contributed by atoms with Crippen molar-refractivity contribution >= 4 is 11.0 Å². The number of hydrogen-bond acceptors (Lipinski definition) is 2. The maximum Gasteiger partial charge on any atom is 0.113 e. The van der Waals surface area contributed by atoms with Gasteiger partial charge in [-0.15, -0.1) is 17.4 Å². The number of aryl methyl sites for hydroxylation is 1. The molecule has 0 aliphatic heterocycles. The number of nitrogens with zero attached hydrogens (tertiary/aromatic N) is 3. The quantitative estimate of drug-likeness (QED) is 0.640. The molecular formula is C10H9N3. The summed E-state index contributed by atoms with van der Waals surface area (Å²) in [4.78, 5) is 0. The van der Waals surface area contributed by atoms with Crippen LogP contribution in [-0.4, -0.2) is 15.0 Å². The molecule has 0 saturated heterocycles. The van der Waals surface area contributed by atoms with Gasteiger partial charge in [0.15, 0.2) is 0 Å². The number of hydrogen-bond donors (Lipinski definition) is 0. The minimum atomic E-state index is 0.688. The highest BCUT2D eigenvalue weighted by Gasteiger charge is 2.00. The molecule has 3 nitrogen and oxygen atoms in total. The normalized spacial score (nSPS) is 10.1. The van der Waals surface area contributed by atoms with E-state index < -0.39 is 0 Å². The molecule has 13 heavy (non-hydrogen) atoms. The Hall–Kier alpha value is -1.82. The van der Waals surface area contributed by atoms with Gasteiger partial charge in [-0.25, -0.2) is 4.68 Å². The Morgan fingerprint density at radius 1 is 1.38 bits per heavy atom. The van der Waals surface area contributed by atoms with Gasteiger partial charge in [0.05, 0.1) is 12.1 Å². The van der Waals surface area contributed by atoms with E-state index >= 15 is 0 Å². The summed E-state index contributed by atoms with van der Waals surface area (Å²) in [5.41, 5.74) is 1.96. The van der Waals surface area contributed by atoms with E-state index in [0.29, 0.717) is 6.42 Å². The Morgan fingerprint density at radius 3 is 3.08 bits per heavy atom. The van der Waals surface area contributed by atoms with Crippen molar-refractivity contribution in [3.05, 3.63) is 24.3 Å². The average molecular weight is 171 g/mol. The number of benzene rings is 1. The number of para-hydroxylation sites is 1. The van der Waals surface area contributed by atoms with Gasteiger partial charge >= 0.3 is 0 Å². The molecule has 2 aromatic rings. The molecule has 0 atom stereocenters. The molecule has 3 heteroatoms. The van der Waals surface area contributed by atoms with Crippen LogP contribution in [0.3, 0.4) is 0 Å². The van der Waals surface area contributed by atoms with E-state index in [9.17, 15) is 0 Å². The molecule has 2 rings (SSSR count). The summed E-state index contributed by atoms with van der Waals surface area (Å²) in [7, 11) is 0. The Bertz CT molecular complexity index is 450. The van der Waals surface area contributed by atoms with Crippen LogP contribution in [0.2, 0.25) is 0 Å². The van der Waals surface area contributed by atoms with E-state index in [-0.39, 0.29) is 0 Å². The van der Waals surface area contributed by atoms with E-state index in [1.165, 1.54) is 0 Å². The molecule has 0 fully saturated rings. The number of terminal acetylenes is 1. The first-order valence-corrected chi connectivity index (χ1v) is 4.13. The molecule has 0 spiro atoms. The maximum atomic E-state index is 5.18. The predicted octanol–water partition coefficient (Wildman–Crippen LogP) is 1.45. The highest BCUT2D eigenvalue weighted by atomic mass is 15.4. The van der Waals surface area contributed by atoms with Gasteiger partial charge in [-0.1, -0.05) is 17.3 Å². The lowest BCUT2D eigenvalue weighted by atomic mass is 10.3. The Balaban J connectivity index is 2.41. The van der Waals surface area contributed by atoms with Gasteiger partial charge in [-0.2, -0.15) is 0 Å². The number of rotatable bonds is 2. The molecule has 1 aromatic carbocycles. The lowest BCUT2D eigenvalue weighted by molar-refractivity contribution is 0.620. The van der Waals surface area contributed by atoms with Crippen molar-refractivity contribution in [1.29, 1.82) is 0 Å². The second-order valence-electron chi connectivity index (χ2n) is 2.76. The standard InChI is InChI=1S/C10H9N3/c1-2-3-8-13-10-7-5-4-6-9(10)11-12-13/h1,4-7H,3,8H2. The van der Waals surface area contributed by atoms with Crippen molar-refractivity contribution in [3.8, 4) is 12.3 Å². The van der Waals surface area contributed by atoms with Gasteiger partial charge in [0.1, 0.15) is 5.52 Å². The zero-order valence-electron chi connectivity index (χ0n) is 7.14. The number of fused-ring (bicyclic) bond motifs is 1. The fourth-order valence-corrected chi connectivity index (χ4v) is 1.25. The van der Waals surface area contributed by atoms with Crippen LogP contribution >= 0.6 is 0 Å². The van der Waals surface area contributed by atoms with Crippen LogP contribution < -0.4 is 0 Å². The van der Waals surface area contributed by atoms with Gasteiger partial charge in [-0.05, 0) is 12.1 Å². The third-order valence-electron chi connectivity index (χ3n) is 1.89. The van der Waals surface area contributed by atoms with Crippen molar-refractivity contribution in [2.45, 2.75) is 13.0 Å². The van der Waals surface area contributed by atoms with Gasteiger partial charge in [0, 0.05) is 6.42 Å². The molecule has 0 bridgehead atoms. The molecule has 0 N–H and O–H groups in total. The van der Waals surface area contributed by atoms with Crippen LogP contribution in [0, 0.1) is 12.3 Å². The summed E-state index contributed by atoms with van der Waals surface area (Å²) >= 11 is 0. The summed E-state index contributed by atoms with van der Waals surface area (Å²) in [6.45, 7) is 0.733. The highest BCUT2D eigenvalue weighted by Crippen LogP contribution is 2.09. The Kier molecular flexibility index (Phi) is 1.97. The summed E-state index contributed by atoms with van der Waals surface area (Å²) in [6.07, 6.45) is 5.87. The zero-order chi connectivity index (χ0) is 9.10. The predicted molar refractivity (Wildman–Crippen MR) is 51.0 cm³/mol. The first-order chi connectivity index (χ1) is 6.42. The lowest BCUT2D eigenvalue weighted by Crippen LogP contribution is -1.98. The molecule has 1 heterocycles. The van der Waals surface area contributed by atoms with E-state index in [4.69, 9.17) is 6.42 Å². The highest BCUT2D eigenvalue weighted by molar-refractivity contribution is 5.73. The van der Waals surface area contributed by atoms with Crippen molar-refractivity contribution < 1.29 is 0 Å². The van der Waals surface area contributed by atoms with Crippen LogP contribution in [0.1, 0.15) is 6.42 Å². The topological polar surface area (TPSA) is 30.7 Å². The summed E-state index contributed by atoms with van der Waals surface area (Å²) in [5, 5.41) is 8.02. The van der Waals surface area contributed by atoms with Gasteiger partial charge in [-0.3, -0.25) is 0 Å². The molecular weight excluding hydrogens is 162 g/mol. The Morgan fingerprint density at radius 2 is 2.23 bits per heavy atom. The lowest BCUT2D eigenvalue weighted by Gasteiger charge is -1.96. The van der Waals surface area contributed by atoms with Crippen molar-refractivity contribution in [2.75, 3.05) is 0 Å². The SMILES string of the molecule is C#CCCn1nnc2ccccc21. The molecule has 1 aromatic heterocycles. The van der Waals surface area contributed by atoms with E-state index in [0.717, 1.165) is 17.6 Å². The van der Waals surface area contributed by atoms with Gasteiger partial charge in [0.2, 0.25) is 0 Å². The molecule has 0 aliphatic carbocycles. The van der Waals surface area contributed by atoms with Crippen molar-refractivity contribution in [3.63, 3.8) is 0 Å². The first kappa shape index (κ1) is 7.81. The largest absolute Gasteiger partial charge is 0.244 e. The van der Waals surface area contributed by atoms with Crippen LogP contribution in [-0.2, 0) is 6.54 Å². The molecule has 0 aliphatic rings. The maximum absolute atomic E-state index is 5.18. The van der Waals surface area contributed by atoms with Gasteiger partial charge < -0.3 is 0 Å². The fourth-order valence-electron chi connectivity index (χ4n) is 1.25. The second kappa shape index (κ2) is 3.28. The van der Waals surface area contributed by atoms with Crippen LogP contribution in [0.15, 0.2) is 24.3 Å². The first-order valence-electron chi connectivity index (χ1n) is 4.13. The summed E-state index contributed by atoms with van der Waals surface area (Å²) < 4.78 is 1.83. The second-order valence-corrected chi connectivity index (χ2v) is 2.76. The smallest absolute Gasteiger partial charge is 0.113 e. The van der Waals surface area contributed by atoms with Crippen LogP contribution in [0.4, 0.5) is 0 Å². The molecule has 0 saturated carbocycles. The number of aromatic nitrogens is 3. The molecule has 0 amide bonds. The molecule has 0 unspecified atom stereocenters. The van der Waals surface area contributed by atoms with Crippen molar-refractivity contribution in [1.82, 2.24) is 15.0 Å².